The number of amidine groups is 1. The van der Waals surface area contributed by atoms with Crippen LogP contribution in [0.3, 0.4) is 0 Å². The van der Waals surface area contributed by atoms with E-state index in [9.17, 15) is 5.21 Å². The zero-order valence-corrected chi connectivity index (χ0v) is 17.8. The van der Waals surface area contributed by atoms with E-state index in [1.165, 1.54) is 25.7 Å². The van der Waals surface area contributed by atoms with Crippen molar-refractivity contribution in [2.45, 2.75) is 52.1 Å². The Morgan fingerprint density at radius 3 is 2.60 bits per heavy atom. The maximum absolute atomic E-state index is 9.93. The van der Waals surface area contributed by atoms with Gasteiger partial charge in [0.05, 0.1) is 11.7 Å². The van der Waals surface area contributed by atoms with Crippen molar-refractivity contribution in [1.29, 1.82) is 0 Å². The molecule has 1 N–H and O–H groups in total. The lowest BCUT2D eigenvalue weighted by Gasteiger charge is -2.42. The maximum atomic E-state index is 9.93. The molecule has 1 saturated heterocycles. The number of benzene rings is 1. The third-order valence-electron chi connectivity index (χ3n) is 6.12. The molecule has 1 aromatic carbocycles. The molecule has 4 rings (SSSR count). The lowest BCUT2D eigenvalue weighted by Crippen LogP contribution is -2.45. The van der Waals surface area contributed by atoms with Gasteiger partial charge in [-0.05, 0) is 62.8 Å². The fourth-order valence-electron chi connectivity index (χ4n) is 4.71. The highest BCUT2D eigenvalue weighted by molar-refractivity contribution is 6.00. The van der Waals surface area contributed by atoms with Crippen LogP contribution in [0.2, 0.25) is 0 Å². The van der Waals surface area contributed by atoms with E-state index in [2.05, 4.69) is 15.0 Å². The van der Waals surface area contributed by atoms with Crippen molar-refractivity contribution in [2.24, 2.45) is 17.0 Å². The minimum atomic E-state index is 0.0318. The summed E-state index contributed by atoms with van der Waals surface area (Å²) in [5, 5.41) is 13.6. The lowest BCUT2D eigenvalue weighted by atomic mass is 9.75. The Balaban J connectivity index is 1.58. The minimum absolute atomic E-state index is 0.0318. The Hall–Kier alpha value is -2.76. The predicted octanol–water partition coefficient (Wildman–Crippen LogP) is 5.31. The van der Waals surface area contributed by atoms with E-state index >= 15 is 0 Å². The van der Waals surface area contributed by atoms with Crippen molar-refractivity contribution in [2.75, 3.05) is 13.1 Å². The number of pyridine rings is 1. The van der Waals surface area contributed by atoms with E-state index in [4.69, 9.17) is 9.47 Å². The number of oxime groups is 1. The summed E-state index contributed by atoms with van der Waals surface area (Å²) in [7, 11) is 0. The number of hydrogen-bond donors (Lipinski definition) is 1. The van der Waals surface area contributed by atoms with Gasteiger partial charge in [-0.3, -0.25) is 0 Å². The number of para-hydroxylation sites is 2. The number of nitrogens with zero attached hydrogens (tertiary/aromatic N) is 3. The number of aromatic nitrogens is 1. The van der Waals surface area contributed by atoms with Crippen LogP contribution in [0.4, 0.5) is 0 Å². The standard InChI is InChI=1S/C24H31N3O3/c1-17(2)29-21-11-5-6-12-22(21)30-24-20(10-7-14-25-24)23(26-28)27-15-13-18-8-3-4-9-19(18)16-27/h5-7,10-12,14,17-19,28H,3-4,8-9,13,15-16H2,1-2H3/b26-23-. The van der Waals surface area contributed by atoms with Gasteiger partial charge in [0.15, 0.2) is 17.3 Å². The molecule has 0 spiro atoms. The van der Waals surface area contributed by atoms with Gasteiger partial charge in [0.2, 0.25) is 5.88 Å². The van der Waals surface area contributed by atoms with Crippen LogP contribution < -0.4 is 9.47 Å². The Morgan fingerprint density at radius 2 is 1.83 bits per heavy atom. The van der Waals surface area contributed by atoms with Gasteiger partial charge >= 0.3 is 0 Å². The third kappa shape index (κ3) is 4.53. The highest BCUT2D eigenvalue weighted by Gasteiger charge is 2.33. The summed E-state index contributed by atoms with van der Waals surface area (Å²) in [6, 6.07) is 11.3. The van der Waals surface area contributed by atoms with Crippen LogP contribution in [0.15, 0.2) is 47.8 Å². The molecule has 2 aromatic rings. The second-order valence-electron chi connectivity index (χ2n) is 8.53. The summed E-state index contributed by atoms with van der Waals surface area (Å²) < 4.78 is 12.0. The first kappa shape index (κ1) is 20.5. The van der Waals surface area contributed by atoms with Crippen molar-refractivity contribution >= 4 is 5.84 Å². The average Bonchev–Trinajstić information content (AvgIpc) is 2.76. The van der Waals surface area contributed by atoms with E-state index in [0.717, 1.165) is 25.4 Å². The van der Waals surface area contributed by atoms with Gasteiger partial charge in [-0.25, -0.2) is 4.98 Å². The summed E-state index contributed by atoms with van der Waals surface area (Å²) in [6.07, 6.45) is 8.10. The molecule has 1 saturated carbocycles. The van der Waals surface area contributed by atoms with Crippen LogP contribution in [-0.2, 0) is 0 Å². The number of ether oxygens (including phenoxy) is 2. The SMILES string of the molecule is CC(C)Oc1ccccc1Oc1ncccc1/C(=N/O)N1CCC2CCCCC2C1. The van der Waals surface area contributed by atoms with Gasteiger partial charge in [0, 0.05) is 19.3 Å². The van der Waals surface area contributed by atoms with Gasteiger partial charge in [0.25, 0.3) is 0 Å². The molecule has 2 atom stereocenters. The van der Waals surface area contributed by atoms with E-state index < -0.39 is 0 Å². The molecule has 1 aromatic heterocycles. The normalized spacial score (nSPS) is 22.0. The van der Waals surface area contributed by atoms with Crippen molar-refractivity contribution in [1.82, 2.24) is 9.88 Å². The zero-order chi connectivity index (χ0) is 20.9. The molecule has 0 radical (unpaired) electrons. The minimum Gasteiger partial charge on any atom is -0.487 e. The molecule has 2 fully saturated rings. The molecule has 160 valence electrons. The number of rotatable bonds is 5. The van der Waals surface area contributed by atoms with E-state index in [0.29, 0.717) is 34.7 Å². The maximum Gasteiger partial charge on any atom is 0.230 e. The lowest BCUT2D eigenvalue weighted by molar-refractivity contribution is 0.127. The van der Waals surface area contributed by atoms with Crippen LogP contribution in [0.5, 0.6) is 17.4 Å². The van der Waals surface area contributed by atoms with Crippen LogP contribution in [0, 0.1) is 11.8 Å². The molecule has 2 aliphatic rings. The van der Waals surface area contributed by atoms with Crippen molar-refractivity contribution in [3.63, 3.8) is 0 Å². The largest absolute Gasteiger partial charge is 0.487 e. The van der Waals surface area contributed by atoms with Crippen LogP contribution in [-0.4, -0.2) is 40.1 Å². The molecule has 1 aliphatic carbocycles. The summed E-state index contributed by atoms with van der Waals surface area (Å²) in [5.41, 5.74) is 0.689. The molecule has 6 heteroatoms. The zero-order valence-electron chi connectivity index (χ0n) is 17.8. The topological polar surface area (TPSA) is 67.2 Å². The monoisotopic (exact) mass is 409 g/mol. The summed E-state index contributed by atoms with van der Waals surface area (Å²) in [4.78, 5) is 6.63. The smallest absolute Gasteiger partial charge is 0.230 e. The summed E-state index contributed by atoms with van der Waals surface area (Å²) in [6.45, 7) is 5.77. The molecule has 0 bridgehead atoms. The second kappa shape index (κ2) is 9.37. The highest BCUT2D eigenvalue weighted by Crippen LogP contribution is 2.38. The quantitative estimate of drug-likeness (QED) is 0.314. The van der Waals surface area contributed by atoms with Gasteiger partial charge in [-0.1, -0.05) is 36.6 Å². The summed E-state index contributed by atoms with van der Waals surface area (Å²) in [5.74, 6) is 3.68. The second-order valence-corrected chi connectivity index (χ2v) is 8.53. The number of likely N-dealkylation sites (tertiary alicyclic amines) is 1. The van der Waals surface area contributed by atoms with Gasteiger partial charge in [-0.15, -0.1) is 0 Å². The molecule has 2 unspecified atom stereocenters. The Bertz CT molecular complexity index is 884. The third-order valence-corrected chi connectivity index (χ3v) is 6.12. The van der Waals surface area contributed by atoms with Crippen LogP contribution in [0.25, 0.3) is 0 Å². The van der Waals surface area contributed by atoms with Crippen LogP contribution >= 0.6 is 0 Å². The first-order valence-electron chi connectivity index (χ1n) is 11.0. The van der Waals surface area contributed by atoms with Crippen molar-refractivity contribution < 1.29 is 14.7 Å². The highest BCUT2D eigenvalue weighted by atomic mass is 16.5. The van der Waals surface area contributed by atoms with Gasteiger partial charge < -0.3 is 19.6 Å². The number of piperidine rings is 1. The number of fused-ring (bicyclic) bond motifs is 1. The molecular formula is C24H31N3O3. The van der Waals surface area contributed by atoms with Gasteiger partial charge in [0.1, 0.15) is 0 Å². The average molecular weight is 410 g/mol. The number of hydrogen-bond acceptors (Lipinski definition) is 5. The molecule has 30 heavy (non-hydrogen) atoms. The predicted molar refractivity (Wildman–Crippen MR) is 116 cm³/mol. The van der Waals surface area contributed by atoms with Gasteiger partial charge in [-0.2, -0.15) is 0 Å². The molecule has 0 amide bonds. The molecule has 6 nitrogen and oxygen atoms in total. The van der Waals surface area contributed by atoms with Crippen LogP contribution in [0.1, 0.15) is 51.5 Å². The van der Waals surface area contributed by atoms with E-state index in [1.807, 2.05) is 50.2 Å². The van der Waals surface area contributed by atoms with E-state index in [1.54, 1.807) is 6.20 Å². The Labute approximate surface area is 178 Å². The fourth-order valence-corrected chi connectivity index (χ4v) is 4.71. The first-order valence-corrected chi connectivity index (χ1v) is 11.0. The van der Waals surface area contributed by atoms with Crippen molar-refractivity contribution in [3.05, 3.63) is 48.2 Å². The Morgan fingerprint density at radius 1 is 1.07 bits per heavy atom. The fraction of sp³-hybridized carbons (Fsp3) is 0.500. The molecular weight excluding hydrogens is 378 g/mol. The first-order chi connectivity index (χ1) is 14.7. The summed E-state index contributed by atoms with van der Waals surface area (Å²) >= 11 is 0. The Kier molecular flexibility index (Phi) is 6.41. The van der Waals surface area contributed by atoms with E-state index in [-0.39, 0.29) is 6.10 Å². The molecule has 2 heterocycles. The van der Waals surface area contributed by atoms with Crippen molar-refractivity contribution in [3.8, 4) is 17.4 Å². The molecule has 1 aliphatic heterocycles.